The number of hydrogen-bond acceptors (Lipinski definition) is 5. The van der Waals surface area contributed by atoms with Crippen molar-refractivity contribution in [3.63, 3.8) is 0 Å². The van der Waals surface area contributed by atoms with Crippen molar-refractivity contribution in [2.24, 2.45) is 0 Å². The van der Waals surface area contributed by atoms with E-state index in [9.17, 15) is 4.79 Å². The maximum absolute atomic E-state index is 12.3. The number of halogens is 1. The Bertz CT molecular complexity index is 515. The van der Waals surface area contributed by atoms with Gasteiger partial charge in [-0.3, -0.25) is 0 Å². The molecule has 2 heterocycles. The lowest BCUT2D eigenvalue weighted by molar-refractivity contribution is 0.0232. The summed E-state index contributed by atoms with van der Waals surface area (Å²) in [6.45, 7) is 7.07. The smallest absolute Gasteiger partial charge is 0.410 e. The van der Waals surface area contributed by atoms with Crippen LogP contribution in [-0.4, -0.2) is 53.0 Å². The topological polar surface area (TPSA) is 58.6 Å². The zero-order valence-electron chi connectivity index (χ0n) is 13.5. The largest absolute Gasteiger partial charge is 0.444 e. The second-order valence-electron chi connectivity index (χ2n) is 6.56. The zero-order valence-corrected chi connectivity index (χ0v) is 14.3. The number of amides is 1. The minimum Gasteiger partial charge on any atom is -0.444 e. The quantitative estimate of drug-likeness (QED) is 0.854. The van der Waals surface area contributed by atoms with Gasteiger partial charge in [-0.15, -0.1) is 10.2 Å². The van der Waals surface area contributed by atoms with Crippen LogP contribution in [0.3, 0.4) is 0 Å². The highest BCUT2D eigenvalue weighted by Crippen LogP contribution is 2.22. The van der Waals surface area contributed by atoms with E-state index in [4.69, 9.17) is 16.3 Å². The number of hydrogen-bond donors (Lipinski definition) is 0. The standard InChI is InChI=1S/C15H23ClN4O2/c1-15(2,3)22-14(21)20-9-5-6-11(20)10-19(4)13-8-7-12(16)17-18-13/h7-8,11H,5-6,9-10H2,1-4H3. The van der Waals surface area contributed by atoms with Crippen LogP contribution in [0.1, 0.15) is 33.6 Å². The van der Waals surface area contributed by atoms with Crippen LogP contribution in [0.5, 0.6) is 0 Å². The van der Waals surface area contributed by atoms with E-state index in [1.165, 1.54) is 0 Å². The molecule has 0 saturated carbocycles. The number of ether oxygens (including phenoxy) is 1. The van der Waals surface area contributed by atoms with Crippen molar-refractivity contribution in [2.45, 2.75) is 45.3 Å². The van der Waals surface area contributed by atoms with Crippen molar-refractivity contribution in [1.29, 1.82) is 0 Å². The molecule has 6 nitrogen and oxygen atoms in total. The zero-order chi connectivity index (χ0) is 16.3. The summed E-state index contributed by atoms with van der Waals surface area (Å²) in [4.78, 5) is 16.1. The summed E-state index contributed by atoms with van der Waals surface area (Å²) in [5, 5.41) is 8.27. The van der Waals surface area contributed by atoms with Crippen LogP contribution in [0.25, 0.3) is 0 Å². The third-order valence-corrected chi connectivity index (χ3v) is 3.70. The number of rotatable bonds is 3. The molecule has 7 heteroatoms. The summed E-state index contributed by atoms with van der Waals surface area (Å²) < 4.78 is 5.48. The van der Waals surface area contributed by atoms with E-state index in [-0.39, 0.29) is 12.1 Å². The molecule has 0 aliphatic carbocycles. The van der Waals surface area contributed by atoms with E-state index in [0.29, 0.717) is 11.7 Å². The van der Waals surface area contributed by atoms with Gasteiger partial charge < -0.3 is 14.5 Å². The van der Waals surface area contributed by atoms with Crippen molar-refractivity contribution in [3.8, 4) is 0 Å². The molecule has 1 fully saturated rings. The molecule has 0 spiro atoms. The molecule has 1 saturated heterocycles. The molecular formula is C15H23ClN4O2. The van der Waals surface area contributed by atoms with Gasteiger partial charge in [-0.05, 0) is 45.7 Å². The summed E-state index contributed by atoms with van der Waals surface area (Å²) in [5.74, 6) is 0.737. The SMILES string of the molecule is CN(CC1CCCN1C(=O)OC(C)(C)C)c1ccc(Cl)nn1. The van der Waals surface area contributed by atoms with E-state index in [1.807, 2.05) is 43.7 Å². The molecule has 0 N–H and O–H groups in total. The van der Waals surface area contributed by atoms with Gasteiger partial charge in [-0.25, -0.2) is 4.79 Å². The third kappa shape index (κ3) is 4.47. The number of nitrogens with zero attached hydrogens (tertiary/aromatic N) is 4. The Morgan fingerprint density at radius 3 is 2.77 bits per heavy atom. The van der Waals surface area contributed by atoms with Gasteiger partial charge in [0.15, 0.2) is 11.0 Å². The fourth-order valence-corrected chi connectivity index (χ4v) is 2.61. The predicted octanol–water partition coefficient (Wildman–Crippen LogP) is 2.97. The second kappa shape index (κ2) is 6.69. The lowest BCUT2D eigenvalue weighted by atomic mass is 10.2. The molecule has 22 heavy (non-hydrogen) atoms. The van der Waals surface area contributed by atoms with Gasteiger partial charge in [-0.2, -0.15) is 0 Å². The molecule has 1 aromatic rings. The molecule has 0 radical (unpaired) electrons. The van der Waals surface area contributed by atoms with Crippen LogP contribution in [0.2, 0.25) is 5.15 Å². The highest BCUT2D eigenvalue weighted by Gasteiger charge is 2.32. The summed E-state index contributed by atoms with van der Waals surface area (Å²) in [5.41, 5.74) is -0.474. The van der Waals surface area contributed by atoms with Gasteiger partial charge in [-0.1, -0.05) is 11.6 Å². The molecule has 1 unspecified atom stereocenters. The van der Waals surface area contributed by atoms with Gasteiger partial charge in [0.2, 0.25) is 0 Å². The van der Waals surface area contributed by atoms with E-state index in [1.54, 1.807) is 6.07 Å². The Hall–Kier alpha value is -1.56. The number of anilines is 1. The molecule has 1 aromatic heterocycles. The number of carbonyl (C=O) groups is 1. The highest BCUT2D eigenvalue weighted by atomic mass is 35.5. The molecule has 1 aliphatic rings. The average Bonchev–Trinajstić information content (AvgIpc) is 2.85. The summed E-state index contributed by atoms with van der Waals surface area (Å²) in [6.07, 6.45) is 1.71. The van der Waals surface area contributed by atoms with Crippen LogP contribution in [0.15, 0.2) is 12.1 Å². The first kappa shape index (κ1) is 16.8. The summed E-state index contributed by atoms with van der Waals surface area (Å²) >= 11 is 5.75. The van der Waals surface area contributed by atoms with Crippen LogP contribution in [0.4, 0.5) is 10.6 Å². The first-order chi connectivity index (χ1) is 10.3. The lowest BCUT2D eigenvalue weighted by Gasteiger charge is -2.31. The monoisotopic (exact) mass is 326 g/mol. The van der Waals surface area contributed by atoms with Crippen molar-refractivity contribution in [2.75, 3.05) is 25.0 Å². The number of aromatic nitrogens is 2. The maximum atomic E-state index is 12.3. The average molecular weight is 327 g/mol. The first-order valence-corrected chi connectivity index (χ1v) is 7.84. The van der Waals surface area contributed by atoms with E-state index >= 15 is 0 Å². The Morgan fingerprint density at radius 2 is 2.18 bits per heavy atom. The minimum atomic E-state index is -0.474. The van der Waals surface area contributed by atoms with Crippen molar-refractivity contribution in [1.82, 2.24) is 15.1 Å². The van der Waals surface area contributed by atoms with Crippen LogP contribution in [0, 0.1) is 0 Å². The maximum Gasteiger partial charge on any atom is 0.410 e. The van der Waals surface area contributed by atoms with E-state index < -0.39 is 5.60 Å². The molecule has 1 atom stereocenters. The van der Waals surface area contributed by atoms with E-state index in [0.717, 1.165) is 25.2 Å². The second-order valence-corrected chi connectivity index (χ2v) is 6.95. The molecule has 1 amide bonds. The van der Waals surface area contributed by atoms with Crippen molar-refractivity contribution >= 4 is 23.5 Å². The third-order valence-electron chi connectivity index (χ3n) is 3.50. The minimum absolute atomic E-state index is 0.123. The Balaban J connectivity index is 1.98. The Labute approximate surface area is 136 Å². The van der Waals surface area contributed by atoms with Crippen molar-refractivity contribution < 1.29 is 9.53 Å². The van der Waals surface area contributed by atoms with Crippen LogP contribution < -0.4 is 4.90 Å². The first-order valence-electron chi connectivity index (χ1n) is 7.46. The molecule has 2 rings (SSSR count). The fourth-order valence-electron chi connectivity index (χ4n) is 2.51. The number of carbonyl (C=O) groups excluding carboxylic acids is 1. The van der Waals surface area contributed by atoms with Crippen LogP contribution in [-0.2, 0) is 4.74 Å². The molecule has 1 aliphatic heterocycles. The number of likely N-dealkylation sites (N-methyl/N-ethyl adjacent to an activating group) is 1. The predicted molar refractivity (Wildman–Crippen MR) is 86.3 cm³/mol. The van der Waals surface area contributed by atoms with Gasteiger partial charge in [0.25, 0.3) is 0 Å². The highest BCUT2D eigenvalue weighted by molar-refractivity contribution is 6.29. The molecular weight excluding hydrogens is 304 g/mol. The molecule has 122 valence electrons. The summed E-state index contributed by atoms with van der Waals surface area (Å²) in [7, 11) is 1.93. The Kier molecular flexibility index (Phi) is 5.11. The van der Waals surface area contributed by atoms with Gasteiger partial charge in [0.1, 0.15) is 5.60 Å². The van der Waals surface area contributed by atoms with E-state index in [2.05, 4.69) is 10.2 Å². The van der Waals surface area contributed by atoms with Crippen LogP contribution >= 0.6 is 11.6 Å². The molecule has 0 aromatic carbocycles. The number of likely N-dealkylation sites (tertiary alicyclic amines) is 1. The normalized spacial score (nSPS) is 18.4. The molecule has 0 bridgehead atoms. The van der Waals surface area contributed by atoms with Gasteiger partial charge >= 0.3 is 6.09 Å². The van der Waals surface area contributed by atoms with Gasteiger partial charge in [0, 0.05) is 20.1 Å². The van der Waals surface area contributed by atoms with Crippen molar-refractivity contribution in [3.05, 3.63) is 17.3 Å². The lowest BCUT2D eigenvalue weighted by Crippen LogP contribution is -2.44. The van der Waals surface area contributed by atoms with Gasteiger partial charge in [0.05, 0.1) is 6.04 Å². The summed E-state index contributed by atoms with van der Waals surface area (Å²) in [6, 6.07) is 3.65. The fraction of sp³-hybridized carbons (Fsp3) is 0.667. The Morgan fingerprint density at radius 1 is 1.45 bits per heavy atom.